The fourth-order valence-corrected chi connectivity index (χ4v) is 5.98. The molecule has 35 heavy (non-hydrogen) atoms. The molecule has 0 saturated carbocycles. The number of benzene rings is 2. The van der Waals surface area contributed by atoms with Crippen LogP contribution in [0.1, 0.15) is 24.0 Å². The smallest absolute Gasteiger partial charge is 0.303 e. The van der Waals surface area contributed by atoms with Crippen LogP contribution in [0.2, 0.25) is 5.02 Å². The van der Waals surface area contributed by atoms with E-state index in [1.54, 1.807) is 36.4 Å². The quantitative estimate of drug-likeness (QED) is 0.533. The molecule has 2 fully saturated rings. The van der Waals surface area contributed by atoms with E-state index >= 15 is 0 Å². The number of carboxylic acids is 1. The van der Waals surface area contributed by atoms with Gasteiger partial charge in [0, 0.05) is 18.0 Å². The van der Waals surface area contributed by atoms with E-state index in [1.807, 2.05) is 0 Å². The van der Waals surface area contributed by atoms with E-state index in [4.69, 9.17) is 21.1 Å². The number of hydrogen-bond acceptors (Lipinski definition) is 7. The fourth-order valence-electron chi connectivity index (χ4n) is 5.76. The first-order valence-corrected chi connectivity index (χ1v) is 11.5. The normalized spacial score (nSPS) is 28.0. The van der Waals surface area contributed by atoms with Gasteiger partial charge in [-0.2, -0.15) is 0 Å². The molecule has 0 radical (unpaired) electrons. The summed E-state index contributed by atoms with van der Waals surface area (Å²) in [5.74, 6) is -3.28. The zero-order valence-corrected chi connectivity index (χ0v) is 19.0. The molecule has 2 saturated heterocycles. The molecule has 6 rings (SSSR count). The summed E-state index contributed by atoms with van der Waals surface area (Å²) >= 11 is 6.32. The van der Waals surface area contributed by atoms with Crippen LogP contribution >= 0.6 is 11.6 Å². The van der Waals surface area contributed by atoms with Crippen molar-refractivity contribution in [1.29, 1.82) is 0 Å². The van der Waals surface area contributed by atoms with Crippen LogP contribution in [0.4, 0.5) is 5.69 Å². The molecule has 0 unspecified atom stereocenters. The summed E-state index contributed by atoms with van der Waals surface area (Å²) in [6.07, 6.45) is -0.136. The van der Waals surface area contributed by atoms with Gasteiger partial charge in [-0.1, -0.05) is 29.8 Å². The molecule has 3 amide bonds. The Labute approximate surface area is 204 Å². The Morgan fingerprint density at radius 3 is 2.74 bits per heavy atom. The van der Waals surface area contributed by atoms with Crippen molar-refractivity contribution in [2.45, 2.75) is 31.0 Å². The van der Waals surface area contributed by atoms with E-state index in [-0.39, 0.29) is 26.2 Å². The maximum absolute atomic E-state index is 13.8. The fraction of sp³-hybridized carbons (Fsp3) is 0.333. The second-order valence-corrected chi connectivity index (χ2v) is 9.47. The van der Waals surface area contributed by atoms with Crippen LogP contribution in [-0.4, -0.2) is 46.5 Å². The number of carbonyl (C=O) groups is 4. The number of imide groups is 1. The maximum Gasteiger partial charge on any atom is 0.303 e. The molecule has 1 spiro atoms. The topological polar surface area (TPSA) is 134 Å². The number of nitrogens with zero attached hydrogens (tertiary/aromatic N) is 1. The molecule has 4 aliphatic heterocycles. The molecule has 0 aliphatic carbocycles. The third kappa shape index (κ3) is 3.06. The van der Waals surface area contributed by atoms with Crippen LogP contribution < -0.4 is 20.1 Å². The third-order valence-electron chi connectivity index (χ3n) is 7.24. The second kappa shape index (κ2) is 7.69. The minimum absolute atomic E-state index is 0.00689. The molecule has 4 heterocycles. The molecule has 0 aromatic heterocycles. The van der Waals surface area contributed by atoms with E-state index < -0.39 is 47.1 Å². The molecular weight excluding hydrogens is 478 g/mol. The van der Waals surface area contributed by atoms with E-state index in [9.17, 15) is 24.3 Å². The Hall–Kier alpha value is -3.63. The highest BCUT2D eigenvalue weighted by molar-refractivity contribution is 6.35. The van der Waals surface area contributed by atoms with Crippen LogP contribution in [0, 0.1) is 11.8 Å². The maximum atomic E-state index is 13.8. The molecule has 11 heteroatoms. The SMILES string of the molecule is O=C(O)CC[C@@H]1N[C@]2(C(=O)Nc3c(Cl)cccc32)[C@@H]2C(=O)N(Cc3ccc4c(c3)OCO4)C(=O)[C@H]12. The highest BCUT2D eigenvalue weighted by Crippen LogP contribution is 2.54. The summed E-state index contributed by atoms with van der Waals surface area (Å²) in [7, 11) is 0. The van der Waals surface area contributed by atoms with Crippen LogP contribution in [0.5, 0.6) is 11.5 Å². The number of ether oxygens (including phenoxy) is 2. The number of halogens is 1. The Morgan fingerprint density at radius 1 is 1.14 bits per heavy atom. The van der Waals surface area contributed by atoms with Crippen molar-refractivity contribution in [2.75, 3.05) is 12.1 Å². The number of fused-ring (bicyclic) bond motifs is 5. The molecule has 180 valence electrons. The summed E-state index contributed by atoms with van der Waals surface area (Å²) < 4.78 is 10.7. The number of amides is 3. The minimum Gasteiger partial charge on any atom is -0.481 e. The molecule has 10 nitrogen and oxygen atoms in total. The van der Waals surface area contributed by atoms with Gasteiger partial charge in [0.25, 0.3) is 0 Å². The molecule has 0 bridgehead atoms. The van der Waals surface area contributed by atoms with Crippen molar-refractivity contribution in [3.8, 4) is 11.5 Å². The minimum atomic E-state index is -1.52. The second-order valence-electron chi connectivity index (χ2n) is 9.06. The lowest BCUT2D eigenvalue weighted by molar-refractivity contribution is -0.144. The zero-order valence-electron chi connectivity index (χ0n) is 18.2. The van der Waals surface area contributed by atoms with Crippen LogP contribution in [0.25, 0.3) is 0 Å². The van der Waals surface area contributed by atoms with Gasteiger partial charge in [0.1, 0.15) is 5.54 Å². The number of likely N-dealkylation sites (tertiary alicyclic amines) is 1. The number of hydrogen-bond donors (Lipinski definition) is 3. The van der Waals surface area contributed by atoms with Crippen molar-refractivity contribution < 1.29 is 33.8 Å². The highest BCUT2D eigenvalue weighted by Gasteiger charge is 2.70. The Morgan fingerprint density at radius 2 is 1.94 bits per heavy atom. The van der Waals surface area contributed by atoms with Crippen LogP contribution in [0.3, 0.4) is 0 Å². The summed E-state index contributed by atoms with van der Waals surface area (Å²) in [6, 6.07) is 9.48. The van der Waals surface area contributed by atoms with Crippen molar-refractivity contribution in [2.24, 2.45) is 11.8 Å². The van der Waals surface area contributed by atoms with Crippen LogP contribution in [-0.2, 0) is 31.3 Å². The largest absolute Gasteiger partial charge is 0.481 e. The van der Waals surface area contributed by atoms with E-state index in [2.05, 4.69) is 10.6 Å². The molecule has 2 aromatic carbocycles. The van der Waals surface area contributed by atoms with Crippen molar-refractivity contribution in [1.82, 2.24) is 10.2 Å². The first kappa shape index (κ1) is 21.9. The number of rotatable bonds is 5. The number of anilines is 1. The standard InChI is InChI=1S/C24H20ClN3O7/c25-13-3-1-2-12-20(13)26-23(33)24(12)19-18(14(27-24)5-7-17(29)30)21(31)28(22(19)32)9-11-4-6-15-16(8-11)35-10-34-15/h1-4,6,8,14,18-19,27H,5,7,9-10H2,(H,26,33)(H,29,30)/t14-,18+,19-,24-/m0/s1. The molecule has 4 aliphatic rings. The Balaban J connectivity index is 1.40. The monoisotopic (exact) mass is 497 g/mol. The average molecular weight is 498 g/mol. The number of carboxylic acid groups (broad SMARTS) is 1. The first-order valence-electron chi connectivity index (χ1n) is 11.1. The van der Waals surface area contributed by atoms with Gasteiger partial charge in [-0.15, -0.1) is 0 Å². The van der Waals surface area contributed by atoms with Gasteiger partial charge in [0.2, 0.25) is 24.5 Å². The van der Waals surface area contributed by atoms with Gasteiger partial charge in [0.15, 0.2) is 11.5 Å². The van der Waals surface area contributed by atoms with E-state index in [0.717, 1.165) is 4.90 Å². The lowest BCUT2D eigenvalue weighted by Gasteiger charge is -2.29. The number of para-hydroxylation sites is 1. The lowest BCUT2D eigenvalue weighted by atomic mass is 9.76. The van der Waals surface area contributed by atoms with Gasteiger partial charge in [-0.3, -0.25) is 29.4 Å². The summed E-state index contributed by atoms with van der Waals surface area (Å²) in [5.41, 5.74) is 0.0109. The predicted molar refractivity (Wildman–Crippen MR) is 121 cm³/mol. The van der Waals surface area contributed by atoms with E-state index in [1.165, 1.54) is 0 Å². The lowest BCUT2D eigenvalue weighted by Crippen LogP contribution is -2.53. The van der Waals surface area contributed by atoms with Crippen molar-refractivity contribution in [3.63, 3.8) is 0 Å². The number of nitrogens with one attached hydrogen (secondary N) is 2. The average Bonchev–Trinajstić information content (AvgIpc) is 3.55. The predicted octanol–water partition coefficient (Wildman–Crippen LogP) is 1.85. The molecule has 2 aromatic rings. The zero-order chi connectivity index (χ0) is 24.5. The van der Waals surface area contributed by atoms with Gasteiger partial charge in [-0.25, -0.2) is 0 Å². The third-order valence-corrected chi connectivity index (χ3v) is 7.55. The van der Waals surface area contributed by atoms with Gasteiger partial charge in [0.05, 0.1) is 29.1 Å². The summed E-state index contributed by atoms with van der Waals surface area (Å²) in [4.78, 5) is 53.3. The van der Waals surface area contributed by atoms with E-state index in [0.29, 0.717) is 33.3 Å². The molecular formula is C24H20ClN3O7. The summed E-state index contributed by atoms with van der Waals surface area (Å²) in [6.45, 7) is 0.0914. The van der Waals surface area contributed by atoms with Crippen molar-refractivity contribution >= 4 is 41.0 Å². The molecule has 3 N–H and O–H groups in total. The van der Waals surface area contributed by atoms with Crippen LogP contribution in [0.15, 0.2) is 36.4 Å². The van der Waals surface area contributed by atoms with Gasteiger partial charge in [-0.05, 0) is 30.2 Å². The first-order chi connectivity index (χ1) is 16.8. The van der Waals surface area contributed by atoms with Crippen molar-refractivity contribution in [3.05, 3.63) is 52.5 Å². The van der Waals surface area contributed by atoms with Gasteiger partial charge < -0.3 is 19.9 Å². The number of carbonyl (C=O) groups excluding carboxylic acids is 3. The number of aliphatic carboxylic acids is 1. The Kier molecular flexibility index (Phi) is 4.81. The molecule has 4 atom stereocenters. The Bertz CT molecular complexity index is 1310. The highest BCUT2D eigenvalue weighted by atomic mass is 35.5. The summed E-state index contributed by atoms with van der Waals surface area (Å²) in [5, 5.41) is 15.5. The van der Waals surface area contributed by atoms with Gasteiger partial charge >= 0.3 is 5.97 Å².